The van der Waals surface area contributed by atoms with Crippen LogP contribution in [0.5, 0.6) is 5.75 Å². The Morgan fingerprint density at radius 1 is 1.14 bits per heavy atom. The second kappa shape index (κ2) is 9.68. The van der Waals surface area contributed by atoms with Crippen molar-refractivity contribution in [2.45, 2.75) is 31.8 Å². The van der Waals surface area contributed by atoms with Crippen molar-refractivity contribution in [1.29, 1.82) is 0 Å². The second-order valence-electron chi connectivity index (χ2n) is 6.76. The Bertz CT molecular complexity index is 855. The SMILES string of the molecule is COc1ccc(CCN2C(=O)N[C@H](CCC(=O)NCc3ccncc3)C2=O)cc1. The smallest absolute Gasteiger partial charge is 0.324 e. The van der Waals surface area contributed by atoms with Gasteiger partial charge in [-0.1, -0.05) is 12.1 Å². The Labute approximate surface area is 169 Å². The van der Waals surface area contributed by atoms with Gasteiger partial charge in [0.25, 0.3) is 5.91 Å². The molecule has 3 rings (SSSR count). The summed E-state index contributed by atoms with van der Waals surface area (Å²) in [5.74, 6) is 0.303. The summed E-state index contributed by atoms with van der Waals surface area (Å²) in [5.41, 5.74) is 1.95. The van der Waals surface area contributed by atoms with Crippen LogP contribution in [0.4, 0.5) is 4.79 Å². The fourth-order valence-electron chi connectivity index (χ4n) is 3.08. The molecule has 1 atom stereocenters. The van der Waals surface area contributed by atoms with Crippen molar-refractivity contribution in [1.82, 2.24) is 20.5 Å². The summed E-state index contributed by atoms with van der Waals surface area (Å²) in [6, 6.07) is 10.1. The largest absolute Gasteiger partial charge is 0.497 e. The van der Waals surface area contributed by atoms with E-state index in [1.165, 1.54) is 4.90 Å². The van der Waals surface area contributed by atoms with Gasteiger partial charge in [-0.05, 0) is 48.2 Å². The van der Waals surface area contributed by atoms with Crippen LogP contribution >= 0.6 is 0 Å². The molecule has 0 spiro atoms. The standard InChI is InChI=1S/C21H24N4O4/c1-29-17-4-2-15(3-5-17)10-13-25-20(27)18(24-21(25)28)6-7-19(26)23-14-16-8-11-22-12-9-16/h2-5,8-9,11-12,18H,6-7,10,13-14H2,1H3,(H,23,26)(H,24,28)/t18-/m1/s1. The average Bonchev–Trinajstić information content (AvgIpc) is 3.03. The second-order valence-corrected chi connectivity index (χ2v) is 6.76. The first-order valence-corrected chi connectivity index (χ1v) is 9.47. The van der Waals surface area contributed by atoms with Crippen LogP contribution in [0.3, 0.4) is 0 Å². The number of imide groups is 1. The first-order valence-electron chi connectivity index (χ1n) is 9.47. The maximum absolute atomic E-state index is 12.5. The fraction of sp³-hybridized carbons (Fsp3) is 0.333. The van der Waals surface area contributed by atoms with Gasteiger partial charge in [-0.15, -0.1) is 0 Å². The van der Waals surface area contributed by atoms with E-state index >= 15 is 0 Å². The summed E-state index contributed by atoms with van der Waals surface area (Å²) in [4.78, 5) is 41.8. The van der Waals surface area contributed by atoms with Crippen LogP contribution in [0.2, 0.25) is 0 Å². The van der Waals surface area contributed by atoms with Gasteiger partial charge < -0.3 is 15.4 Å². The predicted molar refractivity (Wildman–Crippen MR) is 106 cm³/mol. The van der Waals surface area contributed by atoms with Crippen molar-refractivity contribution in [2.75, 3.05) is 13.7 Å². The van der Waals surface area contributed by atoms with Crippen LogP contribution < -0.4 is 15.4 Å². The number of methoxy groups -OCH3 is 1. The summed E-state index contributed by atoms with van der Waals surface area (Å²) >= 11 is 0. The summed E-state index contributed by atoms with van der Waals surface area (Å²) in [5, 5.41) is 5.47. The van der Waals surface area contributed by atoms with Crippen LogP contribution in [0.25, 0.3) is 0 Å². The third-order valence-corrected chi connectivity index (χ3v) is 4.79. The number of nitrogens with zero attached hydrogens (tertiary/aromatic N) is 2. The van der Waals surface area contributed by atoms with E-state index in [2.05, 4.69) is 15.6 Å². The van der Waals surface area contributed by atoms with Crippen molar-refractivity contribution < 1.29 is 19.1 Å². The molecule has 8 heteroatoms. The monoisotopic (exact) mass is 396 g/mol. The van der Waals surface area contributed by atoms with E-state index in [0.29, 0.717) is 19.5 Å². The zero-order valence-corrected chi connectivity index (χ0v) is 16.3. The van der Waals surface area contributed by atoms with E-state index in [9.17, 15) is 14.4 Å². The van der Waals surface area contributed by atoms with E-state index in [1.54, 1.807) is 19.5 Å². The molecule has 1 fully saturated rings. The van der Waals surface area contributed by atoms with Crippen molar-refractivity contribution in [3.05, 3.63) is 59.9 Å². The van der Waals surface area contributed by atoms with Gasteiger partial charge in [-0.3, -0.25) is 19.5 Å². The van der Waals surface area contributed by atoms with Crippen LogP contribution in [-0.4, -0.2) is 47.4 Å². The van der Waals surface area contributed by atoms with Crippen LogP contribution in [0.15, 0.2) is 48.8 Å². The molecule has 152 valence electrons. The molecule has 0 unspecified atom stereocenters. The van der Waals surface area contributed by atoms with Crippen molar-refractivity contribution >= 4 is 17.8 Å². The number of carbonyl (C=O) groups is 3. The van der Waals surface area contributed by atoms with Gasteiger partial charge in [0.15, 0.2) is 0 Å². The number of rotatable bonds is 9. The molecular weight excluding hydrogens is 372 g/mol. The number of carbonyl (C=O) groups excluding carboxylic acids is 3. The molecule has 1 aromatic carbocycles. The minimum atomic E-state index is -0.662. The lowest BCUT2D eigenvalue weighted by Gasteiger charge is -2.13. The highest BCUT2D eigenvalue weighted by Crippen LogP contribution is 2.15. The Balaban J connectivity index is 1.43. The van der Waals surface area contributed by atoms with E-state index in [-0.39, 0.29) is 24.7 Å². The number of amides is 4. The molecule has 1 aliphatic rings. The van der Waals surface area contributed by atoms with E-state index < -0.39 is 12.1 Å². The molecule has 1 aliphatic heterocycles. The zero-order valence-electron chi connectivity index (χ0n) is 16.3. The molecule has 0 bridgehead atoms. The average molecular weight is 396 g/mol. The molecule has 0 saturated carbocycles. The number of ether oxygens (including phenoxy) is 1. The number of hydrogen-bond acceptors (Lipinski definition) is 5. The summed E-state index contributed by atoms with van der Waals surface area (Å²) < 4.78 is 5.12. The summed E-state index contributed by atoms with van der Waals surface area (Å²) in [6.07, 6.45) is 4.31. The number of urea groups is 1. The Kier molecular flexibility index (Phi) is 6.78. The third-order valence-electron chi connectivity index (χ3n) is 4.79. The van der Waals surface area contributed by atoms with Gasteiger partial charge >= 0.3 is 6.03 Å². The maximum atomic E-state index is 12.5. The summed E-state index contributed by atoms with van der Waals surface area (Å²) in [6.45, 7) is 0.696. The molecule has 0 radical (unpaired) electrons. The van der Waals surface area contributed by atoms with Gasteiger partial charge in [0.05, 0.1) is 7.11 Å². The molecule has 29 heavy (non-hydrogen) atoms. The topological polar surface area (TPSA) is 101 Å². The van der Waals surface area contributed by atoms with Gasteiger partial charge in [0, 0.05) is 31.9 Å². The number of nitrogens with one attached hydrogen (secondary N) is 2. The molecule has 2 heterocycles. The van der Waals surface area contributed by atoms with E-state index in [1.807, 2.05) is 36.4 Å². The number of pyridine rings is 1. The number of hydrogen-bond donors (Lipinski definition) is 2. The van der Waals surface area contributed by atoms with Crippen LogP contribution in [0.1, 0.15) is 24.0 Å². The highest BCUT2D eigenvalue weighted by atomic mass is 16.5. The normalized spacial score (nSPS) is 15.9. The van der Waals surface area contributed by atoms with Gasteiger partial charge in [0.1, 0.15) is 11.8 Å². The first kappa shape index (κ1) is 20.3. The minimum absolute atomic E-state index is 0.161. The molecular formula is C21H24N4O4. The van der Waals surface area contributed by atoms with Crippen LogP contribution in [0, 0.1) is 0 Å². The van der Waals surface area contributed by atoms with Crippen molar-refractivity contribution in [3.63, 3.8) is 0 Å². The third kappa shape index (κ3) is 5.54. The molecule has 4 amide bonds. The molecule has 2 N–H and O–H groups in total. The number of benzene rings is 1. The molecule has 2 aromatic rings. The van der Waals surface area contributed by atoms with Crippen molar-refractivity contribution in [3.8, 4) is 5.75 Å². The van der Waals surface area contributed by atoms with Gasteiger partial charge in [0.2, 0.25) is 5.91 Å². The molecule has 0 aliphatic carbocycles. The van der Waals surface area contributed by atoms with Crippen molar-refractivity contribution in [2.24, 2.45) is 0 Å². The summed E-state index contributed by atoms with van der Waals surface area (Å²) in [7, 11) is 1.60. The van der Waals surface area contributed by atoms with Gasteiger partial charge in [-0.2, -0.15) is 0 Å². The highest BCUT2D eigenvalue weighted by molar-refractivity contribution is 6.04. The molecule has 1 saturated heterocycles. The van der Waals surface area contributed by atoms with E-state index in [4.69, 9.17) is 4.74 Å². The molecule has 8 nitrogen and oxygen atoms in total. The predicted octanol–water partition coefficient (Wildman–Crippen LogP) is 1.65. The minimum Gasteiger partial charge on any atom is -0.497 e. The van der Waals surface area contributed by atoms with E-state index in [0.717, 1.165) is 16.9 Å². The zero-order chi connectivity index (χ0) is 20.6. The Morgan fingerprint density at radius 2 is 1.86 bits per heavy atom. The highest BCUT2D eigenvalue weighted by Gasteiger charge is 2.37. The molecule has 1 aromatic heterocycles. The number of aromatic nitrogens is 1. The maximum Gasteiger partial charge on any atom is 0.324 e. The fourth-order valence-corrected chi connectivity index (χ4v) is 3.08. The van der Waals surface area contributed by atoms with Gasteiger partial charge in [-0.25, -0.2) is 4.79 Å². The Hall–Kier alpha value is -3.42. The lowest BCUT2D eigenvalue weighted by molar-refractivity contribution is -0.127. The van der Waals surface area contributed by atoms with Crippen LogP contribution in [-0.2, 0) is 22.6 Å². The lowest BCUT2D eigenvalue weighted by Crippen LogP contribution is -2.34. The first-order chi connectivity index (χ1) is 14.1. The quantitative estimate of drug-likeness (QED) is 0.628. The lowest BCUT2D eigenvalue weighted by atomic mass is 10.1. The Morgan fingerprint density at radius 3 is 2.55 bits per heavy atom.